The molecule has 1 fully saturated rings. The molecule has 1 aromatic heterocycles. The summed E-state index contributed by atoms with van der Waals surface area (Å²) in [5, 5.41) is 3.56. The Balaban J connectivity index is 2.08. The van der Waals surface area contributed by atoms with Crippen molar-refractivity contribution < 1.29 is 4.79 Å². The zero-order chi connectivity index (χ0) is 15.2. The lowest BCUT2D eigenvalue weighted by atomic mass is 10.1. The van der Waals surface area contributed by atoms with Gasteiger partial charge in [-0.1, -0.05) is 5.11 Å². The molecule has 21 heavy (non-hydrogen) atoms. The fourth-order valence-electron chi connectivity index (χ4n) is 2.58. The third-order valence-corrected chi connectivity index (χ3v) is 3.74. The number of azide groups is 1. The zero-order valence-corrected chi connectivity index (χ0v) is 12.4. The van der Waals surface area contributed by atoms with Gasteiger partial charge in [0.15, 0.2) is 0 Å². The first-order chi connectivity index (χ1) is 10.2. The smallest absolute Gasteiger partial charge is 0.227 e. The van der Waals surface area contributed by atoms with Crippen molar-refractivity contribution in [3.63, 3.8) is 0 Å². The van der Waals surface area contributed by atoms with E-state index < -0.39 is 0 Å². The third kappa shape index (κ3) is 3.44. The summed E-state index contributed by atoms with van der Waals surface area (Å²) in [4.78, 5) is 23.1. The molecule has 2 heterocycles. The van der Waals surface area contributed by atoms with E-state index in [1.165, 1.54) is 0 Å². The molecule has 0 bridgehead atoms. The van der Waals surface area contributed by atoms with E-state index in [1.807, 2.05) is 12.1 Å². The van der Waals surface area contributed by atoms with Gasteiger partial charge in [0.1, 0.15) is 5.82 Å². The molecule has 2 rings (SSSR count). The van der Waals surface area contributed by atoms with Crippen LogP contribution in [-0.2, 0) is 4.79 Å². The lowest BCUT2D eigenvalue weighted by molar-refractivity contribution is -0.117. The molecule has 112 valence electrons. The van der Waals surface area contributed by atoms with Gasteiger partial charge in [-0.3, -0.25) is 4.79 Å². The highest BCUT2D eigenvalue weighted by atomic mass is 16.2. The number of carbonyl (C=O) groups is 1. The zero-order valence-electron chi connectivity index (χ0n) is 12.4. The minimum atomic E-state index is 0.0607. The van der Waals surface area contributed by atoms with E-state index in [0.717, 1.165) is 24.6 Å². The van der Waals surface area contributed by atoms with Gasteiger partial charge in [0.05, 0.1) is 11.9 Å². The number of hydrogen-bond donors (Lipinski definition) is 0. The number of amides is 1. The second kappa shape index (κ2) is 6.95. The van der Waals surface area contributed by atoms with Crippen molar-refractivity contribution in [1.82, 2.24) is 4.98 Å². The van der Waals surface area contributed by atoms with E-state index in [2.05, 4.69) is 33.8 Å². The number of pyridine rings is 1. The van der Waals surface area contributed by atoms with Crippen LogP contribution < -0.4 is 9.80 Å². The Bertz CT molecular complexity index is 533. The van der Waals surface area contributed by atoms with E-state index in [9.17, 15) is 4.79 Å². The first-order valence-electron chi connectivity index (χ1n) is 7.21. The molecule has 0 aromatic carbocycles. The van der Waals surface area contributed by atoms with Crippen LogP contribution in [0, 0.1) is 5.92 Å². The number of nitrogens with zero attached hydrogens (tertiary/aromatic N) is 6. The number of carbonyl (C=O) groups excluding carboxylic acids is 1. The number of aromatic nitrogens is 1. The second-order valence-corrected chi connectivity index (χ2v) is 5.03. The van der Waals surface area contributed by atoms with E-state index in [0.29, 0.717) is 19.5 Å². The Morgan fingerprint density at radius 1 is 1.48 bits per heavy atom. The molecule has 1 amide bonds. The maximum atomic E-state index is 12.0. The van der Waals surface area contributed by atoms with Gasteiger partial charge in [-0.05, 0) is 37.4 Å². The van der Waals surface area contributed by atoms with Crippen molar-refractivity contribution in [2.45, 2.75) is 20.3 Å². The Kier molecular flexibility index (Phi) is 5.00. The van der Waals surface area contributed by atoms with Gasteiger partial charge >= 0.3 is 0 Å². The molecule has 1 aliphatic rings. The van der Waals surface area contributed by atoms with Crippen LogP contribution in [0.1, 0.15) is 20.3 Å². The highest BCUT2D eigenvalue weighted by molar-refractivity contribution is 5.95. The summed E-state index contributed by atoms with van der Waals surface area (Å²) >= 11 is 0. The average Bonchev–Trinajstić information content (AvgIpc) is 2.88. The van der Waals surface area contributed by atoms with Gasteiger partial charge in [-0.15, -0.1) is 0 Å². The van der Waals surface area contributed by atoms with Crippen molar-refractivity contribution >= 4 is 17.4 Å². The van der Waals surface area contributed by atoms with Crippen LogP contribution in [0.15, 0.2) is 23.4 Å². The molecule has 1 unspecified atom stereocenters. The predicted molar refractivity (Wildman–Crippen MR) is 82.3 cm³/mol. The van der Waals surface area contributed by atoms with Crippen LogP contribution >= 0.6 is 0 Å². The Labute approximate surface area is 124 Å². The van der Waals surface area contributed by atoms with Crippen molar-refractivity contribution in [3.05, 3.63) is 28.8 Å². The van der Waals surface area contributed by atoms with Gasteiger partial charge in [0.25, 0.3) is 0 Å². The summed E-state index contributed by atoms with van der Waals surface area (Å²) in [5.41, 5.74) is 9.15. The molecule has 0 radical (unpaired) electrons. The van der Waals surface area contributed by atoms with Crippen LogP contribution in [0.4, 0.5) is 11.5 Å². The summed E-state index contributed by atoms with van der Waals surface area (Å²) in [5.74, 6) is 1.07. The van der Waals surface area contributed by atoms with E-state index in [-0.39, 0.29) is 11.8 Å². The Morgan fingerprint density at radius 3 is 2.81 bits per heavy atom. The summed E-state index contributed by atoms with van der Waals surface area (Å²) in [6, 6.07) is 3.87. The van der Waals surface area contributed by atoms with Crippen molar-refractivity contribution in [2.75, 3.05) is 36.0 Å². The van der Waals surface area contributed by atoms with Crippen LogP contribution in [0.5, 0.6) is 0 Å². The number of anilines is 2. The summed E-state index contributed by atoms with van der Waals surface area (Å²) in [7, 11) is 0. The SMILES string of the molecule is CCN(CC)c1ccc(N2CC(CN=[N+]=[N-])CC2=O)cn1. The van der Waals surface area contributed by atoms with Gasteiger partial charge in [0, 0.05) is 37.5 Å². The minimum Gasteiger partial charge on any atom is -0.357 e. The highest BCUT2D eigenvalue weighted by Gasteiger charge is 2.30. The molecule has 7 nitrogen and oxygen atoms in total. The minimum absolute atomic E-state index is 0.0607. The van der Waals surface area contributed by atoms with Crippen LogP contribution in [0.25, 0.3) is 10.4 Å². The molecule has 1 aliphatic heterocycles. The molecule has 7 heteroatoms. The lowest BCUT2D eigenvalue weighted by Gasteiger charge is -2.21. The van der Waals surface area contributed by atoms with Crippen molar-refractivity contribution in [3.8, 4) is 0 Å². The van der Waals surface area contributed by atoms with Crippen molar-refractivity contribution in [1.29, 1.82) is 0 Å². The normalized spacial score (nSPS) is 17.7. The molecule has 1 atom stereocenters. The average molecular weight is 288 g/mol. The lowest BCUT2D eigenvalue weighted by Crippen LogP contribution is -2.26. The molecule has 0 spiro atoms. The summed E-state index contributed by atoms with van der Waals surface area (Å²) < 4.78 is 0. The summed E-state index contributed by atoms with van der Waals surface area (Å²) in [6.07, 6.45) is 2.16. The second-order valence-electron chi connectivity index (χ2n) is 5.03. The fourth-order valence-corrected chi connectivity index (χ4v) is 2.58. The molecular weight excluding hydrogens is 268 g/mol. The molecule has 0 saturated carbocycles. The van der Waals surface area contributed by atoms with Gasteiger partial charge in [-0.2, -0.15) is 0 Å². The maximum Gasteiger partial charge on any atom is 0.227 e. The molecule has 1 saturated heterocycles. The standard InChI is InChI=1S/C14H20N6O/c1-3-19(4-2)13-6-5-12(9-16-13)20-10-11(7-14(20)21)8-17-18-15/h5-6,9,11H,3-4,7-8,10H2,1-2H3. The summed E-state index contributed by atoms with van der Waals surface area (Å²) in [6.45, 7) is 6.93. The third-order valence-electron chi connectivity index (χ3n) is 3.74. The molecule has 1 aromatic rings. The first kappa shape index (κ1) is 15.1. The number of hydrogen-bond acceptors (Lipinski definition) is 4. The largest absolute Gasteiger partial charge is 0.357 e. The van der Waals surface area contributed by atoms with E-state index in [1.54, 1.807) is 11.1 Å². The molecule has 0 aliphatic carbocycles. The van der Waals surface area contributed by atoms with Gasteiger partial charge in [-0.25, -0.2) is 4.98 Å². The maximum absolute atomic E-state index is 12.0. The van der Waals surface area contributed by atoms with Crippen LogP contribution in [0.3, 0.4) is 0 Å². The Morgan fingerprint density at radius 2 is 2.24 bits per heavy atom. The van der Waals surface area contributed by atoms with E-state index in [4.69, 9.17) is 5.53 Å². The van der Waals surface area contributed by atoms with Gasteiger partial charge < -0.3 is 9.80 Å². The highest BCUT2D eigenvalue weighted by Crippen LogP contribution is 2.26. The predicted octanol–water partition coefficient (Wildman–Crippen LogP) is 2.59. The fraction of sp³-hybridized carbons (Fsp3) is 0.571. The quantitative estimate of drug-likeness (QED) is 0.458. The van der Waals surface area contributed by atoms with Crippen molar-refractivity contribution in [2.24, 2.45) is 11.0 Å². The van der Waals surface area contributed by atoms with E-state index >= 15 is 0 Å². The molecule has 0 N–H and O–H groups in total. The van der Waals surface area contributed by atoms with Gasteiger partial charge in [0.2, 0.25) is 5.91 Å². The first-order valence-corrected chi connectivity index (χ1v) is 7.21. The number of rotatable bonds is 6. The monoisotopic (exact) mass is 288 g/mol. The van der Waals surface area contributed by atoms with Crippen LogP contribution in [-0.4, -0.2) is 37.1 Å². The van der Waals surface area contributed by atoms with Crippen LogP contribution in [0.2, 0.25) is 0 Å². The molecular formula is C14H20N6O. The Hall–Kier alpha value is -2.27. The topological polar surface area (TPSA) is 85.2 Å².